The van der Waals surface area contributed by atoms with E-state index in [9.17, 15) is 9.59 Å². The summed E-state index contributed by atoms with van der Waals surface area (Å²) in [4.78, 5) is 34.4. The van der Waals surface area contributed by atoms with E-state index in [2.05, 4.69) is 21.9 Å². The SMILES string of the molecule is Cc1ccc(N2C(=O)C(Sc3ccc(Cl)cc3)=C(N3CCN(Cc4ccccc4)CC3)C2=O)cc1Cl. The largest absolute Gasteiger partial charge is 0.363 e. The Morgan fingerprint density at radius 1 is 0.833 bits per heavy atom. The summed E-state index contributed by atoms with van der Waals surface area (Å²) >= 11 is 13.7. The number of amides is 2. The summed E-state index contributed by atoms with van der Waals surface area (Å²) in [5.41, 5.74) is 3.08. The van der Waals surface area contributed by atoms with Gasteiger partial charge in [-0.3, -0.25) is 14.5 Å². The van der Waals surface area contributed by atoms with Crippen molar-refractivity contribution in [1.82, 2.24) is 9.80 Å². The summed E-state index contributed by atoms with van der Waals surface area (Å²) in [7, 11) is 0. The van der Waals surface area contributed by atoms with Crippen LogP contribution in [0.15, 0.2) is 88.3 Å². The van der Waals surface area contributed by atoms with Crippen LogP contribution in [0.2, 0.25) is 10.0 Å². The van der Waals surface area contributed by atoms with Crippen molar-refractivity contribution in [3.05, 3.63) is 105 Å². The number of rotatable bonds is 6. The molecule has 0 aliphatic carbocycles. The lowest BCUT2D eigenvalue weighted by Crippen LogP contribution is -2.47. The van der Waals surface area contributed by atoms with Crippen LogP contribution >= 0.6 is 35.0 Å². The van der Waals surface area contributed by atoms with E-state index in [0.29, 0.717) is 39.4 Å². The maximum Gasteiger partial charge on any atom is 0.283 e. The van der Waals surface area contributed by atoms with Gasteiger partial charge in [0.2, 0.25) is 0 Å². The van der Waals surface area contributed by atoms with Gasteiger partial charge in [-0.25, -0.2) is 4.90 Å². The second-order valence-corrected chi connectivity index (χ2v) is 10.8. The third-order valence-electron chi connectivity index (χ3n) is 6.40. The van der Waals surface area contributed by atoms with Gasteiger partial charge in [-0.15, -0.1) is 0 Å². The van der Waals surface area contributed by atoms with Gasteiger partial charge in [0.15, 0.2) is 0 Å². The Morgan fingerprint density at radius 3 is 2.19 bits per heavy atom. The number of imide groups is 1. The van der Waals surface area contributed by atoms with Crippen molar-refractivity contribution in [3.8, 4) is 0 Å². The summed E-state index contributed by atoms with van der Waals surface area (Å²) in [6, 6.07) is 22.9. The molecule has 184 valence electrons. The van der Waals surface area contributed by atoms with Crippen molar-refractivity contribution in [3.63, 3.8) is 0 Å². The molecule has 5 nitrogen and oxygen atoms in total. The second kappa shape index (κ2) is 10.7. The van der Waals surface area contributed by atoms with Crippen molar-refractivity contribution in [2.45, 2.75) is 18.4 Å². The Labute approximate surface area is 225 Å². The molecule has 2 amide bonds. The summed E-state index contributed by atoms with van der Waals surface area (Å²) in [5.74, 6) is -0.644. The first kappa shape index (κ1) is 24.9. The highest BCUT2D eigenvalue weighted by Crippen LogP contribution is 2.40. The quantitative estimate of drug-likeness (QED) is 0.361. The van der Waals surface area contributed by atoms with Gasteiger partial charge in [0.05, 0.1) is 5.69 Å². The third-order valence-corrected chi connectivity index (χ3v) is 8.14. The predicted octanol–water partition coefficient (Wildman–Crippen LogP) is 6.00. The number of thioether (sulfide) groups is 1. The number of aryl methyl sites for hydroxylation is 1. The summed E-state index contributed by atoms with van der Waals surface area (Å²) in [6.45, 7) is 5.67. The van der Waals surface area contributed by atoms with E-state index in [-0.39, 0.29) is 11.8 Å². The lowest BCUT2D eigenvalue weighted by Gasteiger charge is -2.36. The van der Waals surface area contributed by atoms with Gasteiger partial charge in [0.25, 0.3) is 11.8 Å². The van der Waals surface area contributed by atoms with E-state index in [4.69, 9.17) is 23.2 Å². The molecule has 0 N–H and O–H groups in total. The molecule has 0 bridgehead atoms. The van der Waals surface area contributed by atoms with E-state index in [1.807, 2.05) is 43.3 Å². The number of carbonyl (C=O) groups excluding carboxylic acids is 2. The highest BCUT2D eigenvalue weighted by molar-refractivity contribution is 8.04. The first-order chi connectivity index (χ1) is 17.4. The fourth-order valence-corrected chi connectivity index (χ4v) is 5.72. The number of nitrogens with zero attached hydrogens (tertiary/aromatic N) is 3. The molecule has 0 spiro atoms. The molecule has 0 atom stereocenters. The molecule has 1 saturated heterocycles. The zero-order chi connectivity index (χ0) is 25.2. The van der Waals surface area contributed by atoms with Gasteiger partial charge in [0.1, 0.15) is 10.6 Å². The number of halogens is 2. The molecule has 36 heavy (non-hydrogen) atoms. The summed E-state index contributed by atoms with van der Waals surface area (Å²) < 4.78 is 0. The molecule has 2 aliphatic rings. The van der Waals surface area contributed by atoms with Crippen molar-refractivity contribution < 1.29 is 9.59 Å². The molecule has 3 aromatic rings. The molecule has 2 aliphatic heterocycles. The first-order valence-electron chi connectivity index (χ1n) is 11.7. The number of piperazine rings is 1. The fourth-order valence-electron chi connectivity index (χ4n) is 4.42. The molecule has 5 rings (SSSR count). The van der Waals surface area contributed by atoms with E-state index >= 15 is 0 Å². The van der Waals surface area contributed by atoms with Crippen LogP contribution in [0.25, 0.3) is 0 Å². The number of benzene rings is 3. The Morgan fingerprint density at radius 2 is 1.53 bits per heavy atom. The van der Waals surface area contributed by atoms with E-state index in [0.717, 1.165) is 30.1 Å². The molecule has 1 fully saturated rings. The Kier molecular flexibility index (Phi) is 7.39. The maximum atomic E-state index is 13.8. The normalized spacial score (nSPS) is 16.9. The van der Waals surface area contributed by atoms with Crippen LogP contribution in [0.5, 0.6) is 0 Å². The monoisotopic (exact) mass is 537 g/mol. The van der Waals surface area contributed by atoms with Gasteiger partial charge in [-0.05, 0) is 54.4 Å². The van der Waals surface area contributed by atoms with Crippen molar-refractivity contribution in [2.75, 3.05) is 31.1 Å². The van der Waals surface area contributed by atoms with Crippen LogP contribution in [-0.2, 0) is 16.1 Å². The number of hydrogen-bond acceptors (Lipinski definition) is 5. The van der Waals surface area contributed by atoms with Crippen LogP contribution in [0.3, 0.4) is 0 Å². The zero-order valence-corrected chi connectivity index (χ0v) is 22.1. The minimum atomic E-state index is -0.332. The average Bonchev–Trinajstić information content (AvgIpc) is 3.12. The molecule has 0 saturated carbocycles. The van der Waals surface area contributed by atoms with Gasteiger partial charge >= 0.3 is 0 Å². The van der Waals surface area contributed by atoms with Gasteiger partial charge in [-0.2, -0.15) is 0 Å². The standard InChI is InChI=1S/C28H25Cl2N3O2S/c1-19-7-10-22(17-24(19)30)33-27(34)25(26(28(33)35)36-23-11-8-21(29)9-12-23)32-15-13-31(14-16-32)18-20-5-3-2-4-6-20/h2-12,17H,13-16,18H2,1H3. The lowest BCUT2D eigenvalue weighted by molar-refractivity contribution is -0.121. The first-order valence-corrected chi connectivity index (χ1v) is 13.3. The lowest BCUT2D eigenvalue weighted by atomic mass is 10.2. The van der Waals surface area contributed by atoms with Crippen LogP contribution in [-0.4, -0.2) is 47.8 Å². The van der Waals surface area contributed by atoms with E-state index in [1.54, 1.807) is 24.3 Å². The van der Waals surface area contributed by atoms with Crippen LogP contribution in [0, 0.1) is 6.92 Å². The molecule has 2 heterocycles. The maximum absolute atomic E-state index is 13.8. The smallest absolute Gasteiger partial charge is 0.283 e. The molecule has 0 aromatic heterocycles. The minimum Gasteiger partial charge on any atom is -0.363 e. The molecule has 8 heteroatoms. The highest BCUT2D eigenvalue weighted by Gasteiger charge is 2.43. The summed E-state index contributed by atoms with van der Waals surface area (Å²) in [5, 5.41) is 1.14. The molecular weight excluding hydrogens is 513 g/mol. The van der Waals surface area contributed by atoms with Gasteiger partial charge < -0.3 is 4.90 Å². The van der Waals surface area contributed by atoms with Gasteiger partial charge in [-0.1, -0.05) is 71.4 Å². The molecule has 0 unspecified atom stereocenters. The van der Waals surface area contributed by atoms with Crippen molar-refractivity contribution in [2.24, 2.45) is 0 Å². The Balaban J connectivity index is 1.42. The Bertz CT molecular complexity index is 1320. The van der Waals surface area contributed by atoms with E-state index in [1.165, 1.54) is 22.2 Å². The third kappa shape index (κ3) is 5.18. The van der Waals surface area contributed by atoms with Crippen LogP contribution < -0.4 is 4.90 Å². The minimum absolute atomic E-state index is 0.312. The fraction of sp³-hybridized carbons (Fsp3) is 0.214. The van der Waals surface area contributed by atoms with Gasteiger partial charge in [0, 0.05) is 47.7 Å². The van der Waals surface area contributed by atoms with Crippen molar-refractivity contribution >= 4 is 52.5 Å². The second-order valence-electron chi connectivity index (χ2n) is 8.86. The van der Waals surface area contributed by atoms with Crippen molar-refractivity contribution in [1.29, 1.82) is 0 Å². The highest BCUT2D eigenvalue weighted by atomic mass is 35.5. The number of carbonyl (C=O) groups is 2. The van der Waals surface area contributed by atoms with Crippen LogP contribution in [0.4, 0.5) is 5.69 Å². The summed E-state index contributed by atoms with van der Waals surface area (Å²) in [6.07, 6.45) is 0. The number of hydrogen-bond donors (Lipinski definition) is 0. The van der Waals surface area contributed by atoms with Crippen LogP contribution in [0.1, 0.15) is 11.1 Å². The topological polar surface area (TPSA) is 43.9 Å². The molecule has 0 radical (unpaired) electrons. The molecular formula is C28H25Cl2N3O2S. The predicted molar refractivity (Wildman–Crippen MR) is 146 cm³/mol. The van der Waals surface area contributed by atoms with E-state index < -0.39 is 0 Å². The average molecular weight is 539 g/mol. The molecule has 3 aromatic carbocycles. The Hall–Kier alpha value is -2.77. The number of anilines is 1. The zero-order valence-electron chi connectivity index (χ0n) is 19.8.